The predicted molar refractivity (Wildman–Crippen MR) is 73.5 cm³/mol. The first kappa shape index (κ1) is 13.8. The van der Waals surface area contributed by atoms with Gasteiger partial charge in [-0.3, -0.25) is 4.79 Å². The second-order valence-corrected chi connectivity index (χ2v) is 6.47. The number of likely N-dealkylation sites (tertiary alicyclic amines) is 2. The number of nitrogens with zero attached hydrogens (tertiary/aromatic N) is 2. The molecule has 1 spiro atoms. The molecule has 4 nitrogen and oxygen atoms in total. The van der Waals surface area contributed by atoms with Gasteiger partial charge in [0.05, 0.1) is 6.54 Å². The van der Waals surface area contributed by atoms with E-state index in [4.69, 9.17) is 0 Å². The molecule has 0 bridgehead atoms. The number of carbonyl (C=O) groups is 1. The lowest BCUT2D eigenvalue weighted by Crippen LogP contribution is -2.63. The van der Waals surface area contributed by atoms with E-state index in [1.807, 2.05) is 11.9 Å². The average molecular weight is 253 g/mol. The average Bonchev–Trinajstić information content (AvgIpc) is 2.27. The van der Waals surface area contributed by atoms with Gasteiger partial charge in [0.25, 0.3) is 0 Å². The Hall–Kier alpha value is -0.610. The molecule has 0 aliphatic carbocycles. The summed E-state index contributed by atoms with van der Waals surface area (Å²) in [6, 6.07) is 0. The summed E-state index contributed by atoms with van der Waals surface area (Å²) >= 11 is 0. The first-order valence-corrected chi connectivity index (χ1v) is 7.19. The van der Waals surface area contributed by atoms with Crippen LogP contribution in [0.3, 0.4) is 0 Å². The third-order valence-electron chi connectivity index (χ3n) is 4.27. The van der Waals surface area contributed by atoms with E-state index in [0.717, 1.165) is 19.0 Å². The van der Waals surface area contributed by atoms with Gasteiger partial charge in [0, 0.05) is 25.0 Å². The molecule has 4 heteroatoms. The highest BCUT2D eigenvalue weighted by Gasteiger charge is 2.46. The van der Waals surface area contributed by atoms with Gasteiger partial charge in [-0.05, 0) is 38.9 Å². The molecule has 2 rings (SSSR count). The zero-order chi connectivity index (χ0) is 13.2. The molecule has 0 aromatic rings. The summed E-state index contributed by atoms with van der Waals surface area (Å²) in [6.45, 7) is 10.7. The summed E-state index contributed by atoms with van der Waals surface area (Å²) in [5.41, 5.74) is 0.455. The van der Waals surface area contributed by atoms with E-state index in [-0.39, 0.29) is 5.91 Å². The van der Waals surface area contributed by atoms with Crippen LogP contribution in [-0.2, 0) is 4.79 Å². The van der Waals surface area contributed by atoms with Crippen molar-refractivity contribution in [3.8, 4) is 0 Å². The van der Waals surface area contributed by atoms with Crippen molar-refractivity contribution in [3.05, 3.63) is 0 Å². The molecule has 2 aliphatic rings. The maximum absolute atomic E-state index is 11.7. The summed E-state index contributed by atoms with van der Waals surface area (Å²) in [6.07, 6.45) is 2.53. The Morgan fingerprint density at radius 1 is 1.28 bits per heavy atom. The quantitative estimate of drug-likeness (QED) is 0.804. The molecule has 0 atom stereocenters. The molecule has 0 unspecified atom stereocenters. The van der Waals surface area contributed by atoms with Gasteiger partial charge < -0.3 is 15.1 Å². The zero-order valence-electron chi connectivity index (χ0n) is 12.0. The van der Waals surface area contributed by atoms with Crippen molar-refractivity contribution in [3.63, 3.8) is 0 Å². The molecule has 18 heavy (non-hydrogen) atoms. The molecular weight excluding hydrogens is 226 g/mol. The molecule has 1 N–H and O–H groups in total. The largest absolute Gasteiger partial charge is 0.340 e. The molecule has 0 aromatic carbocycles. The van der Waals surface area contributed by atoms with Gasteiger partial charge in [0.1, 0.15) is 0 Å². The van der Waals surface area contributed by atoms with E-state index >= 15 is 0 Å². The highest BCUT2D eigenvalue weighted by Crippen LogP contribution is 2.40. The molecule has 2 saturated heterocycles. The normalized spacial score (nSPS) is 23.4. The van der Waals surface area contributed by atoms with Gasteiger partial charge in [0.2, 0.25) is 5.91 Å². The topological polar surface area (TPSA) is 35.6 Å². The summed E-state index contributed by atoms with van der Waals surface area (Å²) in [4.78, 5) is 16.3. The Kier molecular flexibility index (Phi) is 4.28. The molecule has 1 amide bonds. The van der Waals surface area contributed by atoms with Crippen LogP contribution in [-0.4, -0.2) is 62.0 Å². The Morgan fingerprint density at radius 3 is 2.39 bits per heavy atom. The fourth-order valence-electron chi connectivity index (χ4n) is 3.25. The lowest BCUT2D eigenvalue weighted by Gasteiger charge is -2.54. The molecule has 0 aromatic heterocycles. The molecule has 104 valence electrons. The van der Waals surface area contributed by atoms with Crippen molar-refractivity contribution >= 4 is 5.91 Å². The van der Waals surface area contributed by atoms with Gasteiger partial charge >= 0.3 is 0 Å². The summed E-state index contributed by atoms with van der Waals surface area (Å²) in [5.74, 6) is 1.02. The minimum absolute atomic E-state index is 0.257. The smallest absolute Gasteiger partial charge is 0.236 e. The summed E-state index contributed by atoms with van der Waals surface area (Å²) in [7, 11) is 1.83. The third kappa shape index (κ3) is 3.04. The minimum atomic E-state index is 0.257. The molecule has 0 radical (unpaired) electrons. The van der Waals surface area contributed by atoms with Crippen molar-refractivity contribution in [2.45, 2.75) is 26.7 Å². The van der Waals surface area contributed by atoms with Crippen LogP contribution in [0.25, 0.3) is 0 Å². The van der Waals surface area contributed by atoms with E-state index in [1.54, 1.807) is 0 Å². The first-order chi connectivity index (χ1) is 8.54. The number of piperidine rings is 1. The van der Waals surface area contributed by atoms with Gasteiger partial charge in [-0.2, -0.15) is 0 Å². The molecule has 2 aliphatic heterocycles. The Labute approximate surface area is 111 Å². The van der Waals surface area contributed by atoms with Crippen molar-refractivity contribution in [1.82, 2.24) is 15.1 Å². The minimum Gasteiger partial charge on any atom is -0.340 e. The maximum atomic E-state index is 11.7. The zero-order valence-corrected chi connectivity index (χ0v) is 12.0. The Bertz CT molecular complexity index is 287. The second-order valence-electron chi connectivity index (χ2n) is 6.47. The lowest BCUT2D eigenvalue weighted by atomic mass is 9.72. The fourth-order valence-corrected chi connectivity index (χ4v) is 3.25. The number of hydrogen-bond donors (Lipinski definition) is 1. The number of nitrogens with one attached hydrogen (secondary N) is 1. The van der Waals surface area contributed by atoms with Crippen molar-refractivity contribution in [2.24, 2.45) is 11.3 Å². The first-order valence-electron chi connectivity index (χ1n) is 7.19. The lowest BCUT2D eigenvalue weighted by molar-refractivity contribution is -0.145. The monoisotopic (exact) mass is 253 g/mol. The van der Waals surface area contributed by atoms with Gasteiger partial charge in [-0.15, -0.1) is 0 Å². The highest BCUT2D eigenvalue weighted by molar-refractivity contribution is 5.79. The molecule has 2 fully saturated rings. The third-order valence-corrected chi connectivity index (χ3v) is 4.27. The molecule has 2 heterocycles. The summed E-state index contributed by atoms with van der Waals surface area (Å²) in [5, 5.41) is 2.94. The summed E-state index contributed by atoms with van der Waals surface area (Å²) < 4.78 is 0. The molecular formula is C14H27N3O. The van der Waals surface area contributed by atoms with Crippen molar-refractivity contribution in [1.29, 1.82) is 0 Å². The number of amides is 1. The van der Waals surface area contributed by atoms with Crippen LogP contribution < -0.4 is 5.32 Å². The Balaban J connectivity index is 1.73. The number of hydrogen-bond acceptors (Lipinski definition) is 3. The second kappa shape index (κ2) is 5.57. The van der Waals surface area contributed by atoms with E-state index in [2.05, 4.69) is 24.1 Å². The standard InChI is InChI=1S/C14H27N3O/c1-12(2)9-16-6-4-14(5-7-16)10-17(11-14)13(18)8-15-3/h12,15H,4-11H2,1-3H3. The van der Waals surface area contributed by atoms with E-state index in [9.17, 15) is 4.79 Å². The van der Waals surface area contributed by atoms with Crippen LogP contribution in [0.15, 0.2) is 0 Å². The van der Waals surface area contributed by atoms with Crippen LogP contribution >= 0.6 is 0 Å². The van der Waals surface area contributed by atoms with Crippen molar-refractivity contribution in [2.75, 3.05) is 46.3 Å². The van der Waals surface area contributed by atoms with Crippen LogP contribution in [0.5, 0.6) is 0 Å². The van der Waals surface area contributed by atoms with Crippen molar-refractivity contribution < 1.29 is 4.79 Å². The van der Waals surface area contributed by atoms with Crippen LogP contribution in [0.2, 0.25) is 0 Å². The maximum Gasteiger partial charge on any atom is 0.236 e. The van der Waals surface area contributed by atoms with Crippen LogP contribution in [0.1, 0.15) is 26.7 Å². The van der Waals surface area contributed by atoms with Crippen LogP contribution in [0.4, 0.5) is 0 Å². The van der Waals surface area contributed by atoms with Gasteiger partial charge in [-0.25, -0.2) is 0 Å². The Morgan fingerprint density at radius 2 is 1.89 bits per heavy atom. The number of carbonyl (C=O) groups excluding carboxylic acids is 1. The van der Waals surface area contributed by atoms with E-state index in [1.165, 1.54) is 32.5 Å². The SMILES string of the molecule is CNCC(=O)N1CC2(CCN(CC(C)C)CC2)C1. The predicted octanol–water partition coefficient (Wildman–Crippen LogP) is 0.786. The molecule has 0 saturated carbocycles. The van der Waals surface area contributed by atoms with E-state index in [0.29, 0.717) is 12.0 Å². The van der Waals surface area contributed by atoms with Gasteiger partial charge in [-0.1, -0.05) is 13.8 Å². The van der Waals surface area contributed by atoms with E-state index < -0.39 is 0 Å². The van der Waals surface area contributed by atoms with Crippen LogP contribution in [0, 0.1) is 11.3 Å². The fraction of sp³-hybridized carbons (Fsp3) is 0.929. The highest BCUT2D eigenvalue weighted by atomic mass is 16.2. The number of rotatable bonds is 4. The number of likely N-dealkylation sites (N-methyl/N-ethyl adjacent to an activating group) is 1. The van der Waals surface area contributed by atoms with Gasteiger partial charge in [0.15, 0.2) is 0 Å².